The predicted octanol–water partition coefficient (Wildman–Crippen LogP) is 2.99. The first-order valence-corrected chi connectivity index (χ1v) is 9.74. The molecule has 1 unspecified atom stereocenters. The molecule has 4 nitrogen and oxygen atoms in total. The Morgan fingerprint density at radius 2 is 2.29 bits per heavy atom. The Morgan fingerprint density at radius 3 is 3.00 bits per heavy atom. The van der Waals surface area contributed by atoms with Crippen molar-refractivity contribution >= 4 is 17.7 Å². The Morgan fingerprint density at radius 1 is 1.46 bits per heavy atom. The number of thioether (sulfide) groups is 1. The van der Waals surface area contributed by atoms with Crippen LogP contribution in [-0.2, 0) is 10.5 Å². The van der Waals surface area contributed by atoms with E-state index < -0.39 is 0 Å². The summed E-state index contributed by atoms with van der Waals surface area (Å²) >= 11 is 1.71. The highest BCUT2D eigenvalue weighted by Crippen LogP contribution is 2.15. The minimum atomic E-state index is -0.125. The first kappa shape index (κ1) is 19.1. The molecule has 1 saturated heterocycles. The van der Waals surface area contributed by atoms with Gasteiger partial charge in [-0.15, -0.1) is 0 Å². The summed E-state index contributed by atoms with van der Waals surface area (Å²) in [7, 11) is 2.08. The largest absolute Gasteiger partial charge is 0.381 e. The van der Waals surface area contributed by atoms with Gasteiger partial charge in [0.2, 0.25) is 0 Å². The van der Waals surface area contributed by atoms with Gasteiger partial charge >= 0.3 is 0 Å². The summed E-state index contributed by atoms with van der Waals surface area (Å²) in [4.78, 5) is 6.87. The van der Waals surface area contributed by atoms with E-state index in [0.717, 1.165) is 56.5 Å². The van der Waals surface area contributed by atoms with Crippen molar-refractivity contribution in [1.29, 1.82) is 0 Å². The molecule has 0 bridgehead atoms. The van der Waals surface area contributed by atoms with Gasteiger partial charge in [-0.3, -0.25) is 4.99 Å². The lowest BCUT2D eigenvalue weighted by atomic mass is 10.1. The molecule has 0 radical (unpaired) electrons. The van der Waals surface area contributed by atoms with E-state index in [1.54, 1.807) is 17.8 Å². The van der Waals surface area contributed by atoms with Gasteiger partial charge in [0.25, 0.3) is 0 Å². The number of hydrogen-bond acceptors (Lipinski definition) is 3. The Kier molecular flexibility index (Phi) is 8.39. The summed E-state index contributed by atoms with van der Waals surface area (Å²) in [5.74, 6) is 2.97. The second kappa shape index (κ2) is 10.6. The molecular weight excluding hydrogens is 325 g/mol. The van der Waals surface area contributed by atoms with E-state index >= 15 is 0 Å². The van der Waals surface area contributed by atoms with E-state index in [1.165, 1.54) is 6.07 Å². The van der Waals surface area contributed by atoms with Crippen molar-refractivity contribution < 1.29 is 9.13 Å². The lowest BCUT2D eigenvalue weighted by Gasteiger charge is -2.24. The fourth-order valence-corrected chi connectivity index (χ4v) is 3.50. The van der Waals surface area contributed by atoms with Crippen molar-refractivity contribution in [1.82, 2.24) is 10.2 Å². The van der Waals surface area contributed by atoms with Crippen molar-refractivity contribution in [3.63, 3.8) is 0 Å². The Bertz CT molecular complexity index is 521. The van der Waals surface area contributed by atoms with Gasteiger partial charge in [-0.1, -0.05) is 18.2 Å². The number of aliphatic imine (C=N–C) groups is 1. The van der Waals surface area contributed by atoms with Crippen LogP contribution in [0.3, 0.4) is 0 Å². The standard InChI is InChI=1S/C18H28FN3OS/c1-3-20-18(22(2)12-15-8-10-23-13-15)21-9-11-24-14-16-6-4-5-7-17(16)19/h4-7,15H,3,8-14H2,1-2H3,(H,20,21). The first-order chi connectivity index (χ1) is 11.7. The molecule has 0 amide bonds. The molecule has 6 heteroatoms. The van der Waals surface area contributed by atoms with E-state index in [4.69, 9.17) is 4.74 Å². The lowest BCUT2D eigenvalue weighted by Crippen LogP contribution is -2.41. The number of nitrogens with one attached hydrogen (secondary N) is 1. The van der Waals surface area contributed by atoms with E-state index in [1.807, 2.05) is 12.1 Å². The molecule has 1 aromatic carbocycles. The number of ether oxygens (including phenoxy) is 1. The Balaban J connectivity index is 1.74. The van der Waals surface area contributed by atoms with Crippen LogP contribution in [0.5, 0.6) is 0 Å². The van der Waals surface area contributed by atoms with Crippen molar-refractivity contribution in [2.45, 2.75) is 19.1 Å². The summed E-state index contributed by atoms with van der Waals surface area (Å²) in [5, 5.41) is 3.34. The number of benzene rings is 1. The molecule has 134 valence electrons. The molecule has 2 rings (SSSR count). The van der Waals surface area contributed by atoms with Gasteiger partial charge in [0.05, 0.1) is 13.2 Å². The number of rotatable bonds is 8. The highest BCUT2D eigenvalue weighted by Gasteiger charge is 2.18. The van der Waals surface area contributed by atoms with Crippen LogP contribution in [0.1, 0.15) is 18.9 Å². The second-order valence-corrected chi connectivity index (χ2v) is 7.09. The third kappa shape index (κ3) is 6.32. The molecular formula is C18H28FN3OS. The van der Waals surface area contributed by atoms with Gasteiger partial charge in [0.1, 0.15) is 5.82 Å². The molecule has 24 heavy (non-hydrogen) atoms. The summed E-state index contributed by atoms with van der Waals surface area (Å²) < 4.78 is 19.0. The zero-order valence-electron chi connectivity index (χ0n) is 14.6. The molecule has 1 aromatic rings. The fourth-order valence-electron chi connectivity index (χ4n) is 2.68. The molecule has 0 aromatic heterocycles. The SMILES string of the molecule is CCNC(=NCCSCc1ccccc1F)N(C)CC1CCOC1. The fraction of sp³-hybridized carbons (Fsp3) is 0.611. The monoisotopic (exact) mass is 353 g/mol. The Labute approximate surface area is 148 Å². The van der Waals surface area contributed by atoms with Crippen LogP contribution in [0, 0.1) is 11.7 Å². The van der Waals surface area contributed by atoms with Gasteiger partial charge in [-0.2, -0.15) is 11.8 Å². The number of halogens is 1. The number of guanidine groups is 1. The molecule has 0 saturated carbocycles. The maximum Gasteiger partial charge on any atom is 0.193 e. The molecule has 1 heterocycles. The topological polar surface area (TPSA) is 36.9 Å². The first-order valence-electron chi connectivity index (χ1n) is 8.59. The summed E-state index contributed by atoms with van der Waals surface area (Å²) in [6, 6.07) is 6.95. The Hall–Kier alpha value is -1.27. The molecule has 0 aliphatic carbocycles. The van der Waals surface area contributed by atoms with Crippen LogP contribution in [-0.4, -0.2) is 56.5 Å². The molecule has 1 atom stereocenters. The zero-order valence-corrected chi connectivity index (χ0v) is 15.4. The van der Waals surface area contributed by atoms with Crippen LogP contribution >= 0.6 is 11.8 Å². The molecule has 1 aliphatic rings. The lowest BCUT2D eigenvalue weighted by molar-refractivity contribution is 0.181. The van der Waals surface area contributed by atoms with Crippen molar-refractivity contribution in [3.8, 4) is 0 Å². The highest BCUT2D eigenvalue weighted by molar-refractivity contribution is 7.98. The minimum absolute atomic E-state index is 0.125. The van der Waals surface area contributed by atoms with Gasteiger partial charge in [-0.25, -0.2) is 4.39 Å². The van der Waals surface area contributed by atoms with Crippen LogP contribution in [0.2, 0.25) is 0 Å². The predicted molar refractivity (Wildman–Crippen MR) is 100 cm³/mol. The minimum Gasteiger partial charge on any atom is -0.381 e. The summed E-state index contributed by atoms with van der Waals surface area (Å²) in [6.07, 6.45) is 1.13. The second-order valence-electron chi connectivity index (χ2n) is 5.99. The van der Waals surface area contributed by atoms with Gasteiger partial charge in [0.15, 0.2) is 5.96 Å². The van der Waals surface area contributed by atoms with Gasteiger partial charge in [-0.05, 0) is 25.0 Å². The quantitative estimate of drug-likeness (QED) is 0.443. The number of nitrogens with zero attached hydrogens (tertiary/aromatic N) is 2. The average molecular weight is 354 g/mol. The van der Waals surface area contributed by atoms with Crippen LogP contribution in [0.15, 0.2) is 29.3 Å². The number of hydrogen-bond donors (Lipinski definition) is 1. The van der Waals surface area contributed by atoms with Crippen LogP contribution in [0.4, 0.5) is 4.39 Å². The third-order valence-electron chi connectivity index (χ3n) is 3.97. The highest BCUT2D eigenvalue weighted by atomic mass is 32.2. The zero-order chi connectivity index (χ0) is 17.2. The average Bonchev–Trinajstić information content (AvgIpc) is 3.08. The van der Waals surface area contributed by atoms with Crippen LogP contribution < -0.4 is 5.32 Å². The maximum absolute atomic E-state index is 13.6. The van der Waals surface area contributed by atoms with E-state index in [2.05, 4.69) is 29.2 Å². The molecule has 1 N–H and O–H groups in total. The van der Waals surface area contributed by atoms with Crippen molar-refractivity contribution in [2.24, 2.45) is 10.9 Å². The normalized spacial score (nSPS) is 18.0. The van der Waals surface area contributed by atoms with Gasteiger partial charge < -0.3 is 15.0 Å². The maximum atomic E-state index is 13.6. The third-order valence-corrected chi connectivity index (χ3v) is 4.95. The van der Waals surface area contributed by atoms with E-state index in [9.17, 15) is 4.39 Å². The van der Waals surface area contributed by atoms with Crippen molar-refractivity contribution in [2.75, 3.05) is 45.6 Å². The van der Waals surface area contributed by atoms with E-state index in [0.29, 0.717) is 11.7 Å². The molecule has 1 fully saturated rings. The molecule has 1 aliphatic heterocycles. The summed E-state index contributed by atoms with van der Waals surface area (Å²) in [6.45, 7) is 6.35. The van der Waals surface area contributed by atoms with E-state index in [-0.39, 0.29) is 5.82 Å². The molecule has 0 spiro atoms. The van der Waals surface area contributed by atoms with Crippen molar-refractivity contribution in [3.05, 3.63) is 35.6 Å². The van der Waals surface area contributed by atoms with Crippen LogP contribution in [0.25, 0.3) is 0 Å². The smallest absolute Gasteiger partial charge is 0.193 e. The van der Waals surface area contributed by atoms with Gasteiger partial charge in [0, 0.05) is 44.2 Å². The summed E-state index contributed by atoms with van der Waals surface area (Å²) in [5.41, 5.74) is 0.761.